The molecule has 1 aromatic heterocycles. The Morgan fingerprint density at radius 1 is 1.09 bits per heavy atom. The fraction of sp³-hybridized carbons (Fsp3) is 0.242. The second kappa shape index (κ2) is 12.7. The first-order chi connectivity index (χ1) is 20.7. The van der Waals surface area contributed by atoms with Crippen molar-refractivity contribution in [2.24, 2.45) is 4.99 Å². The van der Waals surface area contributed by atoms with Crippen LogP contribution in [-0.4, -0.2) is 38.3 Å². The number of para-hydroxylation sites is 1. The molecular formula is C33H32FN3O5S. The smallest absolute Gasteiger partial charge is 0.338 e. The second-order valence-electron chi connectivity index (χ2n) is 10.0. The van der Waals surface area contributed by atoms with Gasteiger partial charge in [-0.1, -0.05) is 53.8 Å². The predicted octanol–water partition coefficient (Wildman–Crippen LogP) is 4.59. The lowest BCUT2D eigenvalue weighted by Crippen LogP contribution is -2.40. The first-order valence-corrected chi connectivity index (χ1v) is 14.5. The number of thiazole rings is 1. The third-order valence-corrected chi connectivity index (χ3v) is 8.07. The molecule has 3 aromatic carbocycles. The minimum Gasteiger partial charge on any atom is -0.493 e. The van der Waals surface area contributed by atoms with Crippen molar-refractivity contribution < 1.29 is 23.4 Å². The van der Waals surface area contributed by atoms with Crippen molar-refractivity contribution >= 4 is 29.1 Å². The number of carbonyl (C=O) groups excluding carboxylic acids is 1. The van der Waals surface area contributed by atoms with Crippen LogP contribution in [0.2, 0.25) is 0 Å². The van der Waals surface area contributed by atoms with E-state index in [0.717, 1.165) is 11.3 Å². The van der Waals surface area contributed by atoms with E-state index in [-0.39, 0.29) is 24.6 Å². The van der Waals surface area contributed by atoms with E-state index in [1.54, 1.807) is 60.9 Å². The average Bonchev–Trinajstić information content (AvgIpc) is 3.30. The van der Waals surface area contributed by atoms with E-state index in [4.69, 9.17) is 14.2 Å². The number of ether oxygens (including phenoxy) is 3. The zero-order valence-electron chi connectivity index (χ0n) is 24.6. The molecule has 1 atom stereocenters. The molecule has 0 radical (unpaired) electrons. The fourth-order valence-electron chi connectivity index (χ4n) is 4.93. The summed E-state index contributed by atoms with van der Waals surface area (Å²) in [5, 5.41) is 0. The van der Waals surface area contributed by atoms with Gasteiger partial charge in [-0.05, 0) is 49.8 Å². The van der Waals surface area contributed by atoms with Gasteiger partial charge in [0.05, 0.1) is 35.6 Å². The number of allylic oxidation sites excluding steroid dienone is 1. The van der Waals surface area contributed by atoms with E-state index < -0.39 is 12.0 Å². The highest BCUT2D eigenvalue weighted by molar-refractivity contribution is 7.07. The van der Waals surface area contributed by atoms with Crippen LogP contribution in [0.1, 0.15) is 36.6 Å². The SMILES string of the molecule is CCOC(=O)C1=C(C)N=c2sc(=Cc3cccc(OC)c3OCc3ccccc3F)c(=O)n2[C@H]1c1ccc(N(C)C)cc1. The summed E-state index contributed by atoms with van der Waals surface area (Å²) < 4.78 is 33.2. The molecule has 0 bridgehead atoms. The maximum atomic E-state index is 14.3. The monoisotopic (exact) mass is 601 g/mol. The Labute approximate surface area is 252 Å². The number of carbonyl (C=O) groups is 1. The molecule has 0 spiro atoms. The number of hydrogen-bond donors (Lipinski definition) is 0. The lowest BCUT2D eigenvalue weighted by Gasteiger charge is -2.25. The van der Waals surface area contributed by atoms with Crippen LogP contribution in [0, 0.1) is 5.82 Å². The first kappa shape index (κ1) is 29.8. The predicted molar refractivity (Wildman–Crippen MR) is 165 cm³/mol. The third-order valence-electron chi connectivity index (χ3n) is 7.09. The lowest BCUT2D eigenvalue weighted by molar-refractivity contribution is -0.139. The summed E-state index contributed by atoms with van der Waals surface area (Å²) in [7, 11) is 5.41. The van der Waals surface area contributed by atoms with Crippen LogP contribution in [0.3, 0.4) is 0 Å². The van der Waals surface area contributed by atoms with Gasteiger partial charge in [0, 0.05) is 30.9 Å². The van der Waals surface area contributed by atoms with Gasteiger partial charge in [-0.3, -0.25) is 9.36 Å². The van der Waals surface area contributed by atoms with Crippen molar-refractivity contribution in [3.63, 3.8) is 0 Å². The molecule has 0 fully saturated rings. The van der Waals surface area contributed by atoms with E-state index in [9.17, 15) is 14.0 Å². The quantitative estimate of drug-likeness (QED) is 0.261. The van der Waals surface area contributed by atoms with Crippen LogP contribution in [0.15, 0.2) is 87.8 Å². The molecule has 0 amide bonds. The summed E-state index contributed by atoms with van der Waals surface area (Å²) in [6.07, 6.45) is 1.71. The Hall–Kier alpha value is -4.70. The molecule has 0 N–H and O–H groups in total. The molecule has 4 aromatic rings. The summed E-state index contributed by atoms with van der Waals surface area (Å²) in [6, 6.07) is 18.7. The summed E-state index contributed by atoms with van der Waals surface area (Å²) >= 11 is 1.21. The summed E-state index contributed by atoms with van der Waals surface area (Å²) in [4.78, 5) is 34.4. The fourth-order valence-corrected chi connectivity index (χ4v) is 5.97. The van der Waals surface area contributed by atoms with Gasteiger partial charge < -0.3 is 19.1 Å². The van der Waals surface area contributed by atoms with Crippen molar-refractivity contribution in [3.05, 3.63) is 120 Å². The van der Waals surface area contributed by atoms with Crippen molar-refractivity contribution in [1.29, 1.82) is 0 Å². The number of methoxy groups -OCH3 is 1. The Morgan fingerprint density at radius 3 is 2.51 bits per heavy atom. The standard InChI is InChI=1S/C33H32FN3O5S/c1-6-41-32(39)28-20(2)35-33-37(29(28)21-14-16-24(17-15-21)36(3)4)31(38)27(43-33)18-22-11-9-13-26(40-5)30(22)42-19-23-10-7-8-12-25(23)34/h7-18,29H,6,19H2,1-5H3/t29-/m0/s1. The molecule has 1 aliphatic rings. The molecule has 5 rings (SSSR count). The Kier molecular flexibility index (Phi) is 8.77. The number of aromatic nitrogens is 1. The molecule has 222 valence electrons. The topological polar surface area (TPSA) is 82.4 Å². The van der Waals surface area contributed by atoms with Crippen LogP contribution in [0.25, 0.3) is 6.08 Å². The summed E-state index contributed by atoms with van der Waals surface area (Å²) in [6.45, 7) is 3.66. The zero-order chi connectivity index (χ0) is 30.7. The number of rotatable bonds is 9. The van der Waals surface area contributed by atoms with Crippen LogP contribution < -0.4 is 29.3 Å². The molecule has 8 nitrogen and oxygen atoms in total. The number of esters is 1. The highest BCUT2D eigenvalue weighted by atomic mass is 32.1. The Bertz CT molecular complexity index is 1880. The first-order valence-electron chi connectivity index (χ1n) is 13.7. The molecule has 0 unspecified atom stereocenters. The molecule has 43 heavy (non-hydrogen) atoms. The minimum absolute atomic E-state index is 0.0276. The Morgan fingerprint density at radius 2 is 1.84 bits per heavy atom. The van der Waals surface area contributed by atoms with Crippen LogP contribution in [-0.2, 0) is 16.1 Å². The van der Waals surface area contributed by atoms with Crippen LogP contribution >= 0.6 is 11.3 Å². The van der Waals surface area contributed by atoms with Crippen molar-refractivity contribution in [1.82, 2.24) is 4.57 Å². The molecule has 0 saturated heterocycles. The number of anilines is 1. The largest absolute Gasteiger partial charge is 0.493 e. The Balaban J connectivity index is 1.64. The molecule has 2 heterocycles. The highest BCUT2D eigenvalue weighted by Crippen LogP contribution is 2.34. The maximum Gasteiger partial charge on any atom is 0.338 e. The van der Waals surface area contributed by atoms with Gasteiger partial charge in [-0.25, -0.2) is 14.2 Å². The number of benzene rings is 3. The van der Waals surface area contributed by atoms with Crippen molar-refractivity contribution in [2.75, 3.05) is 32.7 Å². The third kappa shape index (κ3) is 5.96. The van der Waals surface area contributed by atoms with Gasteiger partial charge in [0.15, 0.2) is 16.3 Å². The lowest BCUT2D eigenvalue weighted by atomic mass is 9.95. The van der Waals surface area contributed by atoms with Crippen LogP contribution in [0.5, 0.6) is 11.5 Å². The van der Waals surface area contributed by atoms with Crippen molar-refractivity contribution in [3.8, 4) is 11.5 Å². The number of halogens is 1. The maximum absolute atomic E-state index is 14.3. The van der Waals surface area contributed by atoms with Gasteiger partial charge >= 0.3 is 5.97 Å². The zero-order valence-corrected chi connectivity index (χ0v) is 25.4. The van der Waals surface area contributed by atoms with E-state index in [1.165, 1.54) is 24.5 Å². The molecule has 0 saturated carbocycles. The summed E-state index contributed by atoms with van der Waals surface area (Å²) in [5.74, 6) is -0.0783. The highest BCUT2D eigenvalue weighted by Gasteiger charge is 2.33. The molecule has 0 aliphatic carbocycles. The van der Waals surface area contributed by atoms with E-state index in [2.05, 4.69) is 4.99 Å². The van der Waals surface area contributed by atoms with Crippen LogP contribution in [0.4, 0.5) is 10.1 Å². The number of hydrogen-bond acceptors (Lipinski definition) is 8. The average molecular weight is 602 g/mol. The van der Waals surface area contributed by atoms with Gasteiger partial charge in [-0.15, -0.1) is 0 Å². The second-order valence-corrected chi connectivity index (χ2v) is 11.1. The van der Waals surface area contributed by atoms with E-state index in [0.29, 0.717) is 43.2 Å². The molecular weight excluding hydrogens is 569 g/mol. The van der Waals surface area contributed by atoms with Crippen molar-refractivity contribution in [2.45, 2.75) is 26.5 Å². The normalized spacial score (nSPS) is 14.7. The van der Waals surface area contributed by atoms with E-state index in [1.807, 2.05) is 43.3 Å². The molecule has 10 heteroatoms. The molecule has 1 aliphatic heterocycles. The van der Waals surface area contributed by atoms with Gasteiger partial charge in [0.25, 0.3) is 5.56 Å². The number of nitrogens with zero attached hydrogens (tertiary/aromatic N) is 3. The van der Waals surface area contributed by atoms with Gasteiger partial charge in [0.2, 0.25) is 0 Å². The van der Waals surface area contributed by atoms with Gasteiger partial charge in [0.1, 0.15) is 12.4 Å². The van der Waals surface area contributed by atoms with E-state index >= 15 is 0 Å². The number of fused-ring (bicyclic) bond motifs is 1. The summed E-state index contributed by atoms with van der Waals surface area (Å²) in [5.41, 5.74) is 3.19. The minimum atomic E-state index is -0.726. The van der Waals surface area contributed by atoms with Gasteiger partial charge in [-0.2, -0.15) is 0 Å².